The minimum atomic E-state index is -4.68. The predicted octanol–water partition coefficient (Wildman–Crippen LogP) is 5.32. The number of piperidine rings is 2. The van der Waals surface area contributed by atoms with E-state index >= 15 is 0 Å². The molecule has 272 valence electrons. The Balaban J connectivity index is 1.26. The number of carbonyl (C=O) groups excluding carboxylic acids is 2. The van der Waals surface area contributed by atoms with E-state index < -0.39 is 45.5 Å². The highest BCUT2D eigenvalue weighted by molar-refractivity contribution is 7.92. The zero-order chi connectivity index (χ0) is 36.9. The molecule has 0 saturated carbocycles. The van der Waals surface area contributed by atoms with Gasteiger partial charge >= 0.3 is 6.18 Å². The predicted molar refractivity (Wildman–Crippen MR) is 180 cm³/mol. The lowest BCUT2D eigenvalue weighted by Gasteiger charge is -2.36. The number of halogens is 5. The highest BCUT2D eigenvalue weighted by atomic mass is 35.5. The SMILES string of the molecule is Cc1cc(C(=O)N2CCC(O)(CF)CC2)cc(C)c1C=CS(=O)(=O)N1CCC2(CC1)N=C(c1ccc(Cl)c(OC(C)(C)C(F)(F)F)c1)NC2=O. The molecule has 5 rings (SSSR count). The van der Waals surface area contributed by atoms with Crippen molar-refractivity contribution in [3.63, 3.8) is 0 Å². The number of rotatable bonds is 8. The van der Waals surface area contributed by atoms with E-state index in [1.807, 2.05) is 0 Å². The summed E-state index contributed by atoms with van der Waals surface area (Å²) in [4.78, 5) is 32.4. The van der Waals surface area contributed by atoms with Crippen LogP contribution in [0.3, 0.4) is 0 Å². The van der Waals surface area contributed by atoms with Gasteiger partial charge in [0.05, 0.1) is 10.6 Å². The molecule has 2 aromatic carbocycles. The van der Waals surface area contributed by atoms with E-state index in [4.69, 9.17) is 16.3 Å². The maximum Gasteiger partial charge on any atom is 0.427 e. The van der Waals surface area contributed by atoms with E-state index in [-0.39, 0.29) is 79.9 Å². The van der Waals surface area contributed by atoms with Crippen molar-refractivity contribution < 1.29 is 45.4 Å². The molecule has 2 amide bonds. The van der Waals surface area contributed by atoms with Crippen LogP contribution in [-0.4, -0.2) is 96.2 Å². The van der Waals surface area contributed by atoms with Crippen LogP contribution in [0.1, 0.15) is 72.1 Å². The minimum Gasteiger partial charge on any atom is -0.477 e. The molecule has 3 aliphatic rings. The van der Waals surface area contributed by atoms with Gasteiger partial charge in [0, 0.05) is 42.7 Å². The van der Waals surface area contributed by atoms with Crippen LogP contribution in [0, 0.1) is 13.8 Å². The third kappa shape index (κ3) is 7.55. The van der Waals surface area contributed by atoms with Crippen LogP contribution in [0.15, 0.2) is 40.7 Å². The first-order valence-electron chi connectivity index (χ1n) is 16.0. The first kappa shape index (κ1) is 37.7. The van der Waals surface area contributed by atoms with E-state index in [1.54, 1.807) is 30.9 Å². The average molecular weight is 743 g/mol. The van der Waals surface area contributed by atoms with Crippen molar-refractivity contribution in [1.82, 2.24) is 14.5 Å². The molecule has 2 fully saturated rings. The molecule has 0 atom stereocenters. The highest BCUT2D eigenvalue weighted by Crippen LogP contribution is 2.38. The van der Waals surface area contributed by atoms with Gasteiger partial charge in [-0.25, -0.2) is 12.8 Å². The van der Waals surface area contributed by atoms with Crippen molar-refractivity contribution in [2.75, 3.05) is 32.9 Å². The van der Waals surface area contributed by atoms with Crippen LogP contribution in [-0.2, 0) is 14.8 Å². The van der Waals surface area contributed by atoms with E-state index in [2.05, 4.69) is 10.3 Å². The van der Waals surface area contributed by atoms with Gasteiger partial charge in [0.25, 0.3) is 11.8 Å². The minimum absolute atomic E-state index is 0.00953. The number of aliphatic imine (C=N–C) groups is 1. The number of nitrogens with one attached hydrogen (secondary N) is 1. The van der Waals surface area contributed by atoms with Gasteiger partial charge < -0.3 is 20.1 Å². The summed E-state index contributed by atoms with van der Waals surface area (Å²) in [6, 6.07) is 7.45. The number of likely N-dealkylation sites (tertiary alicyclic amines) is 1. The second kappa shape index (κ2) is 13.5. The van der Waals surface area contributed by atoms with Crippen molar-refractivity contribution in [2.45, 2.75) is 76.3 Å². The molecule has 0 aliphatic carbocycles. The van der Waals surface area contributed by atoms with E-state index in [9.17, 15) is 40.7 Å². The van der Waals surface area contributed by atoms with Crippen LogP contribution < -0.4 is 10.1 Å². The Morgan fingerprint density at radius 3 is 2.22 bits per heavy atom. The van der Waals surface area contributed by atoms with Gasteiger partial charge in [0.1, 0.15) is 23.8 Å². The topological polar surface area (TPSA) is 129 Å². The maximum atomic E-state index is 13.4. The summed E-state index contributed by atoms with van der Waals surface area (Å²) in [5.74, 6) is -0.817. The summed E-state index contributed by atoms with van der Waals surface area (Å²) < 4.78 is 86.6. The smallest absolute Gasteiger partial charge is 0.427 e. The second-order valence-electron chi connectivity index (χ2n) is 13.6. The summed E-state index contributed by atoms with van der Waals surface area (Å²) in [5, 5.41) is 13.9. The number of aryl methyl sites for hydroxylation is 2. The van der Waals surface area contributed by atoms with E-state index in [0.29, 0.717) is 22.3 Å². The molecular formula is C34H39ClF4N4O6S. The van der Waals surface area contributed by atoms with Crippen LogP contribution in [0.25, 0.3) is 6.08 Å². The standard InChI is InChI=1S/C34H39ClF4N4O6S/c1-21-17-24(29(44)42-12-8-32(46,20-36)9-13-42)18-22(2)25(21)7-16-50(47,48)43-14-10-33(11-15-43)30(45)40-28(41-33)23-5-6-26(35)27(19-23)49-31(3,4)34(37,38)39/h5-7,16-19,46H,8-15,20H2,1-4H3,(H,40,41,45). The van der Waals surface area contributed by atoms with Crippen LogP contribution in [0.5, 0.6) is 5.75 Å². The highest BCUT2D eigenvalue weighted by Gasteiger charge is 2.50. The number of alkyl halides is 4. The Bertz CT molecular complexity index is 1820. The molecule has 1 spiro atoms. The van der Waals surface area contributed by atoms with Crippen molar-refractivity contribution in [1.29, 1.82) is 0 Å². The second-order valence-corrected chi connectivity index (χ2v) is 15.8. The summed E-state index contributed by atoms with van der Waals surface area (Å²) in [7, 11) is -3.92. The van der Waals surface area contributed by atoms with Gasteiger partial charge in [-0.3, -0.25) is 14.6 Å². The van der Waals surface area contributed by atoms with Crippen molar-refractivity contribution >= 4 is 45.4 Å². The molecule has 0 bridgehead atoms. The molecular weight excluding hydrogens is 704 g/mol. The number of nitrogens with zero attached hydrogens (tertiary/aromatic N) is 3. The Labute approximate surface area is 293 Å². The van der Waals surface area contributed by atoms with Gasteiger partial charge in [-0.15, -0.1) is 0 Å². The molecule has 3 heterocycles. The Morgan fingerprint density at radius 1 is 1.06 bits per heavy atom. The maximum absolute atomic E-state index is 13.4. The number of hydrogen-bond acceptors (Lipinski definition) is 7. The fourth-order valence-electron chi connectivity index (χ4n) is 6.21. The van der Waals surface area contributed by atoms with Gasteiger partial charge in [-0.05, 0) is 106 Å². The van der Waals surface area contributed by atoms with Crippen LogP contribution in [0.2, 0.25) is 5.02 Å². The fourth-order valence-corrected chi connectivity index (χ4v) is 7.54. The summed E-state index contributed by atoms with van der Waals surface area (Å²) in [6.07, 6.45) is -2.77. The molecule has 16 heteroatoms. The Hall–Kier alpha value is -3.53. The third-order valence-electron chi connectivity index (χ3n) is 9.62. The third-order valence-corrected chi connectivity index (χ3v) is 11.5. The number of amides is 2. The van der Waals surface area contributed by atoms with Gasteiger partial charge in [0.15, 0.2) is 5.60 Å². The summed E-state index contributed by atoms with van der Waals surface area (Å²) >= 11 is 6.11. The zero-order valence-electron chi connectivity index (χ0n) is 28.0. The van der Waals surface area contributed by atoms with E-state index in [1.165, 1.54) is 28.6 Å². The normalized spacial score (nSPS) is 19.9. The quantitative estimate of drug-likeness (QED) is 0.353. The molecule has 0 aromatic heterocycles. The van der Waals surface area contributed by atoms with Crippen molar-refractivity contribution in [2.24, 2.45) is 4.99 Å². The number of ether oxygens (including phenoxy) is 1. The molecule has 2 saturated heterocycles. The molecule has 2 aromatic rings. The lowest BCUT2D eigenvalue weighted by molar-refractivity contribution is -0.234. The van der Waals surface area contributed by atoms with Gasteiger partial charge in [-0.1, -0.05) is 11.6 Å². The van der Waals surface area contributed by atoms with Gasteiger partial charge in [0.2, 0.25) is 10.0 Å². The molecule has 0 radical (unpaired) electrons. The Kier molecular flexibility index (Phi) is 10.2. The first-order valence-corrected chi connectivity index (χ1v) is 17.9. The zero-order valence-corrected chi connectivity index (χ0v) is 29.6. The van der Waals surface area contributed by atoms with Gasteiger partial charge in [-0.2, -0.15) is 17.5 Å². The lowest BCUT2D eigenvalue weighted by Crippen LogP contribution is -2.50. The number of aliphatic hydroxyl groups is 1. The molecule has 2 N–H and O–H groups in total. The average Bonchev–Trinajstić information content (AvgIpc) is 3.35. The summed E-state index contributed by atoms with van der Waals surface area (Å²) in [5.41, 5.74) is -2.53. The van der Waals surface area contributed by atoms with Crippen LogP contribution in [0.4, 0.5) is 17.6 Å². The largest absolute Gasteiger partial charge is 0.477 e. The Morgan fingerprint density at radius 2 is 1.66 bits per heavy atom. The number of amidine groups is 1. The van der Waals surface area contributed by atoms with Crippen LogP contribution >= 0.6 is 11.6 Å². The fraction of sp³-hybridized carbons (Fsp3) is 0.500. The monoisotopic (exact) mass is 742 g/mol. The molecule has 10 nitrogen and oxygen atoms in total. The summed E-state index contributed by atoms with van der Waals surface area (Å²) in [6.45, 7) is 4.84. The number of benzene rings is 2. The number of hydrogen-bond donors (Lipinski definition) is 2. The van der Waals surface area contributed by atoms with E-state index in [0.717, 1.165) is 19.3 Å². The molecule has 50 heavy (non-hydrogen) atoms. The number of carbonyl (C=O) groups is 2. The first-order chi connectivity index (χ1) is 23.2. The van der Waals surface area contributed by atoms with Crippen molar-refractivity contribution in [3.05, 3.63) is 68.6 Å². The molecule has 3 aliphatic heterocycles. The van der Waals surface area contributed by atoms with Crippen molar-refractivity contribution in [3.8, 4) is 5.75 Å². The number of sulfonamides is 1. The molecule has 0 unspecified atom stereocenters. The lowest BCUT2D eigenvalue weighted by atomic mass is 9.89.